The molecular formula is C27H30FN7O2. The molecule has 0 bridgehead atoms. The van der Waals surface area contributed by atoms with Crippen LogP contribution in [-0.2, 0) is 11.3 Å². The van der Waals surface area contributed by atoms with Gasteiger partial charge in [-0.05, 0) is 65.9 Å². The number of H-pyrrole nitrogens is 1. The third-order valence-electron chi connectivity index (χ3n) is 7.40. The van der Waals surface area contributed by atoms with Crippen molar-refractivity contribution in [2.75, 3.05) is 37.7 Å². The van der Waals surface area contributed by atoms with E-state index in [1.54, 1.807) is 16.8 Å². The number of aryl methyl sites for hydroxylation is 1. The lowest BCUT2D eigenvalue weighted by Crippen LogP contribution is -2.49. The van der Waals surface area contributed by atoms with Gasteiger partial charge >= 0.3 is 0 Å². The highest BCUT2D eigenvalue weighted by Gasteiger charge is 2.34. The van der Waals surface area contributed by atoms with Crippen LogP contribution in [0.15, 0.2) is 53.3 Å². The summed E-state index contributed by atoms with van der Waals surface area (Å²) in [4.78, 5) is 20.8. The van der Waals surface area contributed by atoms with E-state index in [-0.39, 0.29) is 17.5 Å². The van der Waals surface area contributed by atoms with Gasteiger partial charge in [0.05, 0.1) is 18.3 Å². The van der Waals surface area contributed by atoms with Crippen molar-refractivity contribution in [3.63, 3.8) is 0 Å². The Bertz CT molecular complexity index is 1450. The number of halogens is 1. The molecule has 4 aromatic rings. The summed E-state index contributed by atoms with van der Waals surface area (Å²) in [6, 6.07) is 14.3. The maximum absolute atomic E-state index is 14.5. The van der Waals surface area contributed by atoms with Crippen LogP contribution in [0.25, 0.3) is 10.9 Å². The average molecular weight is 504 g/mol. The van der Waals surface area contributed by atoms with Gasteiger partial charge in [0.1, 0.15) is 11.9 Å². The summed E-state index contributed by atoms with van der Waals surface area (Å²) in [5, 5.41) is 13.7. The van der Waals surface area contributed by atoms with Crippen LogP contribution >= 0.6 is 0 Å². The summed E-state index contributed by atoms with van der Waals surface area (Å²) < 4.78 is 22.1. The van der Waals surface area contributed by atoms with E-state index in [0.29, 0.717) is 49.8 Å². The number of fused-ring (bicyclic) bond motifs is 1. The van der Waals surface area contributed by atoms with Crippen LogP contribution in [-0.4, -0.2) is 69.0 Å². The van der Waals surface area contributed by atoms with E-state index in [2.05, 4.69) is 31.5 Å². The van der Waals surface area contributed by atoms with Gasteiger partial charge in [0.2, 0.25) is 0 Å². The molecular weight excluding hydrogens is 473 g/mol. The summed E-state index contributed by atoms with van der Waals surface area (Å²) in [6.45, 7) is 5.80. The minimum Gasteiger partial charge on any atom is -0.376 e. The maximum Gasteiger partial charge on any atom is 0.253 e. The van der Waals surface area contributed by atoms with Gasteiger partial charge in [-0.25, -0.2) is 9.07 Å². The van der Waals surface area contributed by atoms with E-state index in [4.69, 9.17) is 4.74 Å². The number of hydrogen-bond acceptors (Lipinski definition) is 7. The lowest BCUT2D eigenvalue weighted by molar-refractivity contribution is 0.0906. The van der Waals surface area contributed by atoms with E-state index < -0.39 is 6.04 Å². The maximum atomic E-state index is 14.5. The zero-order valence-electron chi connectivity index (χ0n) is 20.8. The van der Waals surface area contributed by atoms with Gasteiger partial charge in [-0.2, -0.15) is 0 Å². The number of para-hydroxylation sites is 1. The Hall–Kier alpha value is -3.63. The number of benzene rings is 2. The van der Waals surface area contributed by atoms with Crippen LogP contribution in [0.2, 0.25) is 0 Å². The van der Waals surface area contributed by atoms with Crippen LogP contribution in [0, 0.1) is 12.7 Å². The molecule has 2 aliphatic rings. The minimum atomic E-state index is -0.451. The summed E-state index contributed by atoms with van der Waals surface area (Å²) in [6.07, 6.45) is 2.03. The largest absolute Gasteiger partial charge is 0.376 e. The number of nitrogens with one attached hydrogen (secondary N) is 1. The van der Waals surface area contributed by atoms with E-state index >= 15 is 0 Å². The Morgan fingerprint density at radius 3 is 2.76 bits per heavy atom. The Morgan fingerprint density at radius 2 is 1.97 bits per heavy atom. The molecule has 6 rings (SSSR count). The Morgan fingerprint density at radius 1 is 1.14 bits per heavy atom. The topological polar surface area (TPSA) is 92.2 Å². The van der Waals surface area contributed by atoms with Gasteiger partial charge in [0.15, 0.2) is 5.82 Å². The number of aromatic nitrogens is 5. The molecule has 10 heteroatoms. The second-order valence-corrected chi connectivity index (χ2v) is 9.88. The Labute approximate surface area is 213 Å². The van der Waals surface area contributed by atoms with Crippen LogP contribution in [0.5, 0.6) is 0 Å². The fraction of sp³-hybridized carbons (Fsp3) is 0.407. The number of rotatable bonds is 6. The highest BCUT2D eigenvalue weighted by atomic mass is 19.1. The van der Waals surface area contributed by atoms with Crippen LogP contribution in [0.4, 0.5) is 10.1 Å². The summed E-state index contributed by atoms with van der Waals surface area (Å²) >= 11 is 0. The highest BCUT2D eigenvalue weighted by molar-refractivity contribution is 5.79. The van der Waals surface area contributed by atoms with Gasteiger partial charge in [-0.3, -0.25) is 9.69 Å². The first-order valence-corrected chi connectivity index (χ1v) is 12.8. The van der Waals surface area contributed by atoms with Gasteiger partial charge in [0, 0.05) is 43.9 Å². The number of aromatic amines is 1. The molecule has 0 unspecified atom stereocenters. The lowest BCUT2D eigenvalue weighted by Gasteiger charge is -2.39. The molecule has 0 saturated carbocycles. The molecule has 1 N–H and O–H groups in total. The number of hydrogen-bond donors (Lipinski definition) is 1. The number of pyridine rings is 1. The van der Waals surface area contributed by atoms with E-state index in [1.807, 2.05) is 36.1 Å². The first-order valence-electron chi connectivity index (χ1n) is 12.8. The van der Waals surface area contributed by atoms with Gasteiger partial charge in [-0.1, -0.05) is 23.8 Å². The van der Waals surface area contributed by atoms with Gasteiger partial charge in [0.25, 0.3) is 5.56 Å². The Balaban J connectivity index is 1.37. The number of nitrogens with zero attached hydrogens (tertiary/aromatic N) is 6. The normalized spacial score (nSPS) is 19.5. The molecule has 9 nitrogen and oxygen atoms in total. The predicted octanol–water partition coefficient (Wildman–Crippen LogP) is 3.05. The zero-order chi connectivity index (χ0) is 25.4. The summed E-state index contributed by atoms with van der Waals surface area (Å²) in [7, 11) is 0. The lowest BCUT2D eigenvalue weighted by atomic mass is 10.0. The molecule has 2 aromatic carbocycles. The molecule has 2 atom stereocenters. The van der Waals surface area contributed by atoms with Crippen molar-refractivity contribution in [3.8, 4) is 0 Å². The van der Waals surface area contributed by atoms with Crippen molar-refractivity contribution >= 4 is 16.6 Å². The van der Waals surface area contributed by atoms with E-state index in [1.165, 1.54) is 6.07 Å². The molecule has 4 heterocycles. The number of piperazine rings is 1. The third-order valence-corrected chi connectivity index (χ3v) is 7.40. The molecule has 2 saturated heterocycles. The molecule has 0 amide bonds. The van der Waals surface area contributed by atoms with Crippen LogP contribution in [0.3, 0.4) is 0 Å². The van der Waals surface area contributed by atoms with E-state index in [9.17, 15) is 9.18 Å². The van der Waals surface area contributed by atoms with Crippen molar-refractivity contribution in [3.05, 3.63) is 81.7 Å². The fourth-order valence-electron chi connectivity index (χ4n) is 5.49. The SMILES string of the molecule is Cc1ccc2[nH]c(=O)c([C@H](c3nnnn3C[C@@H]3CCCO3)N3CCN(c4ccccc4F)CC3)cc2c1. The number of anilines is 1. The standard InChI is InChI=1S/C27H30FN7O2/c1-18-8-9-23-19(15-18)16-21(27(36)29-23)25(26-30-31-32-35(26)17-20-5-4-14-37-20)34-12-10-33(11-13-34)24-7-3-2-6-22(24)28/h2-3,6-9,15-16,20,25H,4-5,10-14,17H2,1H3,(H,29,36)/t20-,25+/m0/s1. The smallest absolute Gasteiger partial charge is 0.253 e. The average Bonchev–Trinajstić information content (AvgIpc) is 3.59. The molecule has 2 aliphatic heterocycles. The zero-order valence-corrected chi connectivity index (χ0v) is 20.8. The first kappa shape index (κ1) is 23.7. The quantitative estimate of drug-likeness (QED) is 0.432. The van der Waals surface area contributed by atoms with Crippen molar-refractivity contribution in [1.82, 2.24) is 30.1 Å². The molecule has 37 heavy (non-hydrogen) atoms. The second-order valence-electron chi connectivity index (χ2n) is 9.88. The summed E-state index contributed by atoms with van der Waals surface area (Å²) in [5.41, 5.74) is 2.94. The van der Waals surface area contributed by atoms with Crippen molar-refractivity contribution in [1.29, 1.82) is 0 Å². The molecule has 192 valence electrons. The molecule has 0 aliphatic carbocycles. The predicted molar refractivity (Wildman–Crippen MR) is 138 cm³/mol. The first-order chi connectivity index (χ1) is 18.1. The molecule has 0 spiro atoms. The molecule has 2 fully saturated rings. The van der Waals surface area contributed by atoms with E-state index in [0.717, 1.165) is 35.9 Å². The number of tetrazole rings is 1. The van der Waals surface area contributed by atoms with Crippen LogP contribution < -0.4 is 10.5 Å². The molecule has 0 radical (unpaired) electrons. The van der Waals surface area contributed by atoms with Gasteiger partial charge in [-0.15, -0.1) is 5.10 Å². The monoisotopic (exact) mass is 503 g/mol. The highest BCUT2D eigenvalue weighted by Crippen LogP contribution is 2.30. The molecule has 2 aromatic heterocycles. The second kappa shape index (κ2) is 10.0. The van der Waals surface area contributed by atoms with Crippen molar-refractivity contribution < 1.29 is 9.13 Å². The minimum absolute atomic E-state index is 0.0540. The van der Waals surface area contributed by atoms with Crippen LogP contribution in [0.1, 0.15) is 35.8 Å². The summed E-state index contributed by atoms with van der Waals surface area (Å²) in [5.74, 6) is 0.390. The van der Waals surface area contributed by atoms with Crippen molar-refractivity contribution in [2.24, 2.45) is 0 Å². The van der Waals surface area contributed by atoms with Gasteiger partial charge < -0.3 is 14.6 Å². The Kier molecular flexibility index (Phi) is 6.43. The van der Waals surface area contributed by atoms with Crippen molar-refractivity contribution in [2.45, 2.75) is 38.5 Å². The number of ether oxygens (including phenoxy) is 1. The third kappa shape index (κ3) is 4.74. The fourth-order valence-corrected chi connectivity index (χ4v) is 5.49.